The van der Waals surface area contributed by atoms with Gasteiger partial charge in [-0.25, -0.2) is 9.78 Å². The molecular formula is C11H13NO3S. The zero-order valence-electron chi connectivity index (χ0n) is 8.76. The van der Waals surface area contributed by atoms with E-state index >= 15 is 0 Å². The van der Waals surface area contributed by atoms with Gasteiger partial charge in [0.15, 0.2) is 0 Å². The summed E-state index contributed by atoms with van der Waals surface area (Å²) in [5.41, 5.74) is 0.224. The molecule has 0 spiro atoms. The van der Waals surface area contributed by atoms with Crippen molar-refractivity contribution in [3.05, 3.63) is 23.9 Å². The van der Waals surface area contributed by atoms with Crippen LogP contribution in [-0.4, -0.2) is 34.5 Å². The Balaban J connectivity index is 1.87. The van der Waals surface area contributed by atoms with Gasteiger partial charge in [-0.05, 0) is 25.0 Å². The molecule has 5 heteroatoms. The van der Waals surface area contributed by atoms with Crippen LogP contribution in [0.5, 0.6) is 0 Å². The highest BCUT2D eigenvalue weighted by Gasteiger charge is 2.15. The molecule has 2 rings (SSSR count). The second kappa shape index (κ2) is 5.32. The molecule has 0 amide bonds. The van der Waals surface area contributed by atoms with Crippen LogP contribution in [0.4, 0.5) is 0 Å². The minimum absolute atomic E-state index is 0.224. The number of ether oxygens (including phenoxy) is 1. The molecule has 1 unspecified atom stereocenters. The Morgan fingerprint density at radius 1 is 1.62 bits per heavy atom. The standard InChI is InChI=1S/C11H13NO3S/c13-11(14)8-3-4-10(12-6-8)16-7-9-2-1-5-15-9/h3-4,6,9H,1-2,5,7H2,(H,13,14). The average Bonchev–Trinajstić information content (AvgIpc) is 2.80. The summed E-state index contributed by atoms with van der Waals surface area (Å²) in [5.74, 6) is -0.0532. The first kappa shape index (κ1) is 11.4. The zero-order chi connectivity index (χ0) is 11.4. The summed E-state index contributed by atoms with van der Waals surface area (Å²) >= 11 is 1.61. The van der Waals surface area contributed by atoms with Gasteiger partial charge in [-0.15, -0.1) is 11.8 Å². The van der Waals surface area contributed by atoms with E-state index in [1.807, 2.05) is 0 Å². The molecule has 1 fully saturated rings. The summed E-state index contributed by atoms with van der Waals surface area (Å²) in [5, 5.41) is 9.56. The topological polar surface area (TPSA) is 59.4 Å². The molecule has 1 aromatic rings. The number of rotatable bonds is 4. The van der Waals surface area contributed by atoms with Crippen LogP contribution in [0, 0.1) is 0 Å². The first-order valence-electron chi connectivity index (χ1n) is 5.19. The normalized spacial score (nSPS) is 19.9. The fourth-order valence-electron chi connectivity index (χ4n) is 1.55. The molecule has 0 radical (unpaired) electrons. The number of thioether (sulfide) groups is 1. The lowest BCUT2D eigenvalue weighted by atomic mass is 10.3. The Morgan fingerprint density at radius 3 is 3.06 bits per heavy atom. The van der Waals surface area contributed by atoms with Gasteiger partial charge in [0.25, 0.3) is 0 Å². The number of aromatic nitrogens is 1. The average molecular weight is 239 g/mol. The van der Waals surface area contributed by atoms with Crippen LogP contribution < -0.4 is 0 Å². The minimum atomic E-state index is -0.942. The molecule has 1 saturated heterocycles. The number of hydrogen-bond acceptors (Lipinski definition) is 4. The van der Waals surface area contributed by atoms with Gasteiger partial charge >= 0.3 is 5.97 Å². The number of aromatic carboxylic acids is 1. The molecule has 1 N–H and O–H groups in total. The Labute approximate surface area is 98.0 Å². The van der Waals surface area contributed by atoms with Crippen molar-refractivity contribution in [2.45, 2.75) is 24.0 Å². The summed E-state index contributed by atoms with van der Waals surface area (Å²) in [6, 6.07) is 3.32. The van der Waals surface area contributed by atoms with Gasteiger partial charge in [0.1, 0.15) is 0 Å². The molecule has 86 valence electrons. The van der Waals surface area contributed by atoms with Crippen LogP contribution in [0.25, 0.3) is 0 Å². The summed E-state index contributed by atoms with van der Waals surface area (Å²) in [7, 11) is 0. The van der Waals surface area contributed by atoms with Crippen LogP contribution >= 0.6 is 11.8 Å². The minimum Gasteiger partial charge on any atom is -0.478 e. The number of carboxylic acids is 1. The van der Waals surface area contributed by atoms with Gasteiger partial charge in [0, 0.05) is 18.6 Å². The molecule has 0 saturated carbocycles. The SMILES string of the molecule is O=C(O)c1ccc(SCC2CCCO2)nc1. The summed E-state index contributed by atoms with van der Waals surface area (Å²) in [6.07, 6.45) is 3.96. The molecule has 1 aromatic heterocycles. The van der Waals surface area contributed by atoms with Crippen molar-refractivity contribution in [3.8, 4) is 0 Å². The van der Waals surface area contributed by atoms with E-state index in [1.54, 1.807) is 23.9 Å². The molecule has 0 bridgehead atoms. The van der Waals surface area contributed by atoms with Crippen molar-refractivity contribution >= 4 is 17.7 Å². The molecule has 1 aliphatic rings. The quantitative estimate of drug-likeness (QED) is 0.815. The predicted molar refractivity (Wildman–Crippen MR) is 60.9 cm³/mol. The molecule has 0 aromatic carbocycles. The van der Waals surface area contributed by atoms with E-state index in [0.29, 0.717) is 6.10 Å². The van der Waals surface area contributed by atoms with Crippen molar-refractivity contribution in [3.63, 3.8) is 0 Å². The Kier molecular flexibility index (Phi) is 3.79. The lowest BCUT2D eigenvalue weighted by molar-refractivity contribution is 0.0696. The van der Waals surface area contributed by atoms with E-state index in [9.17, 15) is 4.79 Å². The molecule has 1 atom stereocenters. The van der Waals surface area contributed by atoms with Crippen molar-refractivity contribution in [2.24, 2.45) is 0 Å². The summed E-state index contributed by atoms with van der Waals surface area (Å²) in [6.45, 7) is 0.858. The zero-order valence-corrected chi connectivity index (χ0v) is 9.57. The second-order valence-electron chi connectivity index (χ2n) is 3.64. The van der Waals surface area contributed by atoms with E-state index in [-0.39, 0.29) is 5.56 Å². The second-order valence-corrected chi connectivity index (χ2v) is 4.68. The molecule has 0 aliphatic carbocycles. The Bertz CT molecular complexity index is 360. The monoisotopic (exact) mass is 239 g/mol. The molecule has 1 aliphatic heterocycles. The molecule has 16 heavy (non-hydrogen) atoms. The van der Waals surface area contributed by atoms with Crippen molar-refractivity contribution in [1.29, 1.82) is 0 Å². The molecule has 2 heterocycles. The number of pyridine rings is 1. The number of hydrogen-bond donors (Lipinski definition) is 1. The van der Waals surface area contributed by atoms with E-state index in [0.717, 1.165) is 30.2 Å². The molecule has 4 nitrogen and oxygen atoms in total. The lowest BCUT2D eigenvalue weighted by Crippen LogP contribution is -2.08. The smallest absolute Gasteiger partial charge is 0.337 e. The predicted octanol–water partition coefficient (Wildman–Crippen LogP) is 2.05. The lowest BCUT2D eigenvalue weighted by Gasteiger charge is -2.07. The van der Waals surface area contributed by atoms with Gasteiger partial charge in [0.2, 0.25) is 0 Å². The van der Waals surface area contributed by atoms with Crippen molar-refractivity contribution < 1.29 is 14.6 Å². The van der Waals surface area contributed by atoms with Crippen LogP contribution in [0.1, 0.15) is 23.2 Å². The fourth-order valence-corrected chi connectivity index (χ4v) is 2.46. The first-order valence-corrected chi connectivity index (χ1v) is 6.18. The number of carbonyl (C=O) groups is 1. The highest BCUT2D eigenvalue weighted by molar-refractivity contribution is 7.99. The molecular weight excluding hydrogens is 226 g/mol. The largest absolute Gasteiger partial charge is 0.478 e. The maximum Gasteiger partial charge on any atom is 0.337 e. The Morgan fingerprint density at radius 2 is 2.50 bits per heavy atom. The van der Waals surface area contributed by atoms with Gasteiger partial charge < -0.3 is 9.84 Å². The number of nitrogens with zero attached hydrogens (tertiary/aromatic N) is 1. The third-order valence-corrected chi connectivity index (χ3v) is 3.50. The highest BCUT2D eigenvalue weighted by Crippen LogP contribution is 2.22. The first-order chi connectivity index (χ1) is 7.75. The highest BCUT2D eigenvalue weighted by atomic mass is 32.2. The van der Waals surface area contributed by atoms with Crippen LogP contribution in [0.3, 0.4) is 0 Å². The summed E-state index contributed by atoms with van der Waals surface area (Å²) in [4.78, 5) is 14.7. The van der Waals surface area contributed by atoms with Gasteiger partial charge in [-0.1, -0.05) is 0 Å². The van der Waals surface area contributed by atoms with E-state index in [1.165, 1.54) is 6.20 Å². The van der Waals surface area contributed by atoms with Crippen LogP contribution in [0.15, 0.2) is 23.4 Å². The van der Waals surface area contributed by atoms with Crippen LogP contribution in [0.2, 0.25) is 0 Å². The van der Waals surface area contributed by atoms with Gasteiger partial charge in [0.05, 0.1) is 16.7 Å². The summed E-state index contributed by atoms with van der Waals surface area (Å²) < 4.78 is 5.49. The van der Waals surface area contributed by atoms with Crippen LogP contribution in [-0.2, 0) is 4.74 Å². The third-order valence-electron chi connectivity index (χ3n) is 2.42. The van der Waals surface area contributed by atoms with Gasteiger partial charge in [-0.2, -0.15) is 0 Å². The Hall–Kier alpha value is -1.07. The van der Waals surface area contributed by atoms with Gasteiger partial charge in [-0.3, -0.25) is 0 Å². The number of carboxylic acid groups (broad SMARTS) is 1. The van der Waals surface area contributed by atoms with Crippen molar-refractivity contribution in [1.82, 2.24) is 4.98 Å². The maximum atomic E-state index is 10.6. The fraction of sp³-hybridized carbons (Fsp3) is 0.455. The van der Waals surface area contributed by atoms with E-state index < -0.39 is 5.97 Å². The van der Waals surface area contributed by atoms with E-state index in [2.05, 4.69) is 4.98 Å². The van der Waals surface area contributed by atoms with E-state index in [4.69, 9.17) is 9.84 Å². The van der Waals surface area contributed by atoms with Crippen molar-refractivity contribution in [2.75, 3.05) is 12.4 Å². The maximum absolute atomic E-state index is 10.6. The third kappa shape index (κ3) is 2.96.